The number of hydrogen-bond donors (Lipinski definition) is 7. The van der Waals surface area contributed by atoms with Crippen molar-refractivity contribution in [3.8, 4) is 0 Å². The van der Waals surface area contributed by atoms with Gasteiger partial charge in [-0.1, -0.05) is 27.7 Å². The minimum absolute atomic E-state index is 0.0120. The molecule has 13 nitrogen and oxygen atoms in total. The van der Waals surface area contributed by atoms with Gasteiger partial charge in [0.1, 0.15) is 42.7 Å². The Kier molecular flexibility index (Phi) is 10.2. The van der Waals surface area contributed by atoms with Crippen molar-refractivity contribution >= 4 is 0 Å². The number of ether oxygens (including phenoxy) is 6. The molecule has 4 aliphatic heterocycles. The fourth-order valence-electron chi connectivity index (χ4n) is 13.2. The fraction of sp³-hybridized carbons (Fsp3) is 1.00. The van der Waals surface area contributed by atoms with E-state index in [4.69, 9.17) is 28.4 Å². The molecule has 4 saturated carbocycles. The third kappa shape index (κ3) is 5.89. The fourth-order valence-corrected chi connectivity index (χ4v) is 13.2. The Bertz CT molecular complexity index is 1280. The van der Waals surface area contributed by atoms with Gasteiger partial charge in [-0.25, -0.2) is 0 Å². The molecule has 8 fully saturated rings. The molecule has 4 saturated heterocycles. The summed E-state index contributed by atoms with van der Waals surface area (Å²) in [6.45, 7) is 11.2. The minimum atomic E-state index is -1.63. The molecule has 23 atom stereocenters. The van der Waals surface area contributed by atoms with Crippen molar-refractivity contribution in [1.29, 1.82) is 0 Å². The van der Waals surface area contributed by atoms with Crippen molar-refractivity contribution in [2.45, 2.75) is 178 Å². The highest BCUT2D eigenvalue weighted by atomic mass is 16.7. The lowest BCUT2D eigenvalue weighted by atomic mass is 9.43. The van der Waals surface area contributed by atoms with E-state index in [0.717, 1.165) is 51.6 Å². The van der Waals surface area contributed by atoms with E-state index in [-0.39, 0.29) is 29.0 Å². The van der Waals surface area contributed by atoms with Gasteiger partial charge < -0.3 is 64.2 Å². The highest BCUT2D eigenvalue weighted by Gasteiger charge is 2.70. The largest absolute Gasteiger partial charge is 0.394 e. The van der Waals surface area contributed by atoms with Gasteiger partial charge in [-0.15, -0.1) is 0 Å². The number of aliphatic hydroxyl groups is 7. The van der Waals surface area contributed by atoms with E-state index in [2.05, 4.69) is 27.7 Å². The van der Waals surface area contributed by atoms with Crippen LogP contribution in [-0.2, 0) is 28.4 Å². The highest BCUT2D eigenvalue weighted by Crippen LogP contribution is 2.71. The van der Waals surface area contributed by atoms with Crippen LogP contribution in [0.15, 0.2) is 0 Å². The second kappa shape index (κ2) is 13.8. The van der Waals surface area contributed by atoms with Crippen molar-refractivity contribution in [2.75, 3.05) is 13.2 Å². The van der Waals surface area contributed by atoms with E-state index < -0.39 is 79.9 Å². The smallest absolute Gasteiger partial charge is 0.187 e. The van der Waals surface area contributed by atoms with Gasteiger partial charge >= 0.3 is 0 Å². The molecule has 0 aromatic rings. The average Bonchev–Trinajstić information content (AvgIpc) is 3.56. The van der Waals surface area contributed by atoms with Crippen molar-refractivity contribution in [3.05, 3.63) is 0 Å². The van der Waals surface area contributed by atoms with Crippen LogP contribution in [0.5, 0.6) is 0 Å². The number of hydrogen-bond acceptors (Lipinski definition) is 13. The Morgan fingerprint density at radius 1 is 0.692 bits per heavy atom. The van der Waals surface area contributed by atoms with Crippen molar-refractivity contribution in [3.63, 3.8) is 0 Å². The van der Waals surface area contributed by atoms with Gasteiger partial charge in [0.25, 0.3) is 0 Å². The Morgan fingerprint density at radius 2 is 1.40 bits per heavy atom. The van der Waals surface area contributed by atoms with Crippen LogP contribution in [0, 0.1) is 52.3 Å². The SMILES string of the molecule is CC1CCC2(OC1)OC1CC3C4CC(O)C5CC(OC6OC(CO)C(OC7OC(C)C(O)C(O)C7O)C(O)C6O)CCC5(C)C4CCC3(C)C1C2C. The van der Waals surface area contributed by atoms with Gasteiger partial charge in [0.15, 0.2) is 18.4 Å². The summed E-state index contributed by atoms with van der Waals surface area (Å²) in [6, 6.07) is 0. The minimum Gasteiger partial charge on any atom is -0.394 e. The molecule has 1 spiro atoms. The summed E-state index contributed by atoms with van der Waals surface area (Å²) >= 11 is 0. The van der Waals surface area contributed by atoms with Crippen LogP contribution in [0.3, 0.4) is 0 Å². The van der Waals surface area contributed by atoms with Crippen LogP contribution in [0.2, 0.25) is 0 Å². The molecule has 4 aliphatic carbocycles. The topological polar surface area (TPSA) is 197 Å². The van der Waals surface area contributed by atoms with Crippen molar-refractivity contribution in [2.24, 2.45) is 52.3 Å². The van der Waals surface area contributed by atoms with Crippen LogP contribution in [0.1, 0.15) is 92.4 Å². The zero-order chi connectivity index (χ0) is 37.1. The molecule has 0 bridgehead atoms. The van der Waals surface area contributed by atoms with Crippen LogP contribution < -0.4 is 0 Å². The van der Waals surface area contributed by atoms with Crippen LogP contribution >= 0.6 is 0 Å². The lowest BCUT2D eigenvalue weighted by Crippen LogP contribution is -2.64. The number of aliphatic hydroxyl groups excluding tert-OH is 7. The molecule has 8 rings (SSSR count). The first kappa shape index (κ1) is 38.4. The van der Waals surface area contributed by atoms with E-state index in [1.807, 2.05) is 0 Å². The maximum absolute atomic E-state index is 11.9. The molecule has 0 aromatic heterocycles. The predicted molar refractivity (Wildman–Crippen MR) is 183 cm³/mol. The number of rotatable bonds is 5. The van der Waals surface area contributed by atoms with E-state index in [1.165, 1.54) is 6.92 Å². The van der Waals surface area contributed by atoms with Gasteiger partial charge in [-0.05, 0) is 105 Å². The molecule has 0 radical (unpaired) electrons. The summed E-state index contributed by atoms with van der Waals surface area (Å²) in [7, 11) is 0. The van der Waals surface area contributed by atoms with Crippen LogP contribution in [-0.4, -0.2) is 134 Å². The summed E-state index contributed by atoms with van der Waals surface area (Å²) in [6.07, 6.45) is -5.88. The molecular weight excluding hydrogens is 676 g/mol. The molecular formula is C39H64O13. The Labute approximate surface area is 307 Å². The van der Waals surface area contributed by atoms with Crippen LogP contribution in [0.25, 0.3) is 0 Å². The van der Waals surface area contributed by atoms with Gasteiger partial charge in [0.05, 0.1) is 37.6 Å². The maximum Gasteiger partial charge on any atom is 0.187 e. The first-order chi connectivity index (χ1) is 24.6. The second-order valence-corrected chi connectivity index (χ2v) is 18.8. The molecule has 0 aromatic carbocycles. The van der Waals surface area contributed by atoms with Gasteiger partial charge in [0.2, 0.25) is 0 Å². The summed E-state index contributed by atoms with van der Waals surface area (Å²) in [5.41, 5.74) is 0.0940. The van der Waals surface area contributed by atoms with Crippen molar-refractivity contribution in [1.82, 2.24) is 0 Å². The normalized spacial score (nSPS) is 60.5. The molecule has 8 aliphatic rings. The van der Waals surface area contributed by atoms with Gasteiger partial charge in [0, 0.05) is 12.3 Å². The average molecular weight is 741 g/mol. The first-order valence-corrected chi connectivity index (χ1v) is 20.2. The van der Waals surface area contributed by atoms with Gasteiger partial charge in [-0.2, -0.15) is 0 Å². The zero-order valence-electron chi connectivity index (χ0n) is 31.4. The molecule has 0 amide bonds. The zero-order valence-corrected chi connectivity index (χ0v) is 31.4. The van der Waals surface area contributed by atoms with E-state index >= 15 is 0 Å². The molecule has 4 heterocycles. The molecule has 23 unspecified atom stereocenters. The predicted octanol–water partition coefficient (Wildman–Crippen LogP) is 1.44. The maximum atomic E-state index is 11.9. The van der Waals surface area contributed by atoms with Crippen LogP contribution in [0.4, 0.5) is 0 Å². The van der Waals surface area contributed by atoms with Gasteiger partial charge in [-0.3, -0.25) is 0 Å². The summed E-state index contributed by atoms with van der Waals surface area (Å²) in [4.78, 5) is 0. The Morgan fingerprint density at radius 3 is 2.12 bits per heavy atom. The van der Waals surface area contributed by atoms with E-state index in [0.29, 0.717) is 48.3 Å². The van der Waals surface area contributed by atoms with Crippen molar-refractivity contribution < 1.29 is 64.2 Å². The Balaban J connectivity index is 0.913. The monoisotopic (exact) mass is 740 g/mol. The van der Waals surface area contributed by atoms with E-state index in [9.17, 15) is 35.7 Å². The standard InChI is InChI=1S/C39H64O13/c1-17-6-11-39(47-16-17)18(2)28-26(52-39)14-23-21-13-25(41)24-12-20(7-9-37(24,4)22(21)8-10-38(23,28)5)49-36-33(46)31(44)34(27(15-40)50-36)51-35-32(45)30(43)29(42)19(3)48-35/h17-36,40-46H,6-16H2,1-5H3. The highest BCUT2D eigenvalue weighted by molar-refractivity contribution is 5.16. The van der Waals surface area contributed by atoms with E-state index in [1.54, 1.807) is 0 Å². The Hall–Kier alpha value is -0.520. The first-order valence-electron chi connectivity index (χ1n) is 20.2. The summed E-state index contributed by atoms with van der Waals surface area (Å²) in [5, 5.41) is 75.1. The second-order valence-electron chi connectivity index (χ2n) is 18.8. The molecule has 7 N–H and O–H groups in total. The lowest BCUT2D eigenvalue weighted by Gasteiger charge is -2.62. The third-order valence-electron chi connectivity index (χ3n) is 16.1. The lowest BCUT2D eigenvalue weighted by molar-refractivity contribution is -0.362. The number of fused-ring (bicyclic) bond motifs is 7. The molecule has 52 heavy (non-hydrogen) atoms. The molecule has 13 heteroatoms. The molecule has 298 valence electrons. The summed E-state index contributed by atoms with van der Waals surface area (Å²) < 4.78 is 37.0. The summed E-state index contributed by atoms with van der Waals surface area (Å²) in [5.74, 6) is 2.38. The third-order valence-corrected chi connectivity index (χ3v) is 16.1. The quantitative estimate of drug-likeness (QED) is 0.200.